The maximum Gasteiger partial charge on any atom is 0.344 e. The Bertz CT molecular complexity index is 839. The van der Waals surface area contributed by atoms with Crippen LogP contribution >= 0.6 is 0 Å². The molecule has 0 fully saturated rings. The molecule has 1 atom stereocenters. The number of rotatable bonds is 5. The van der Waals surface area contributed by atoms with Crippen molar-refractivity contribution in [1.82, 2.24) is 0 Å². The minimum absolute atomic E-state index is 0.0542. The minimum Gasteiger partial charge on any atom is -0.492 e. The van der Waals surface area contributed by atoms with Gasteiger partial charge < -0.3 is 18.9 Å². The molecular formula is C19H18O6. The van der Waals surface area contributed by atoms with Crippen LogP contribution in [0.25, 0.3) is 10.8 Å². The van der Waals surface area contributed by atoms with Gasteiger partial charge in [-0.3, -0.25) is 4.79 Å². The molecule has 6 nitrogen and oxygen atoms in total. The van der Waals surface area contributed by atoms with E-state index in [2.05, 4.69) is 4.74 Å². The van der Waals surface area contributed by atoms with Crippen LogP contribution in [-0.4, -0.2) is 32.8 Å². The van der Waals surface area contributed by atoms with E-state index >= 15 is 0 Å². The van der Waals surface area contributed by atoms with Gasteiger partial charge in [0.2, 0.25) is 0 Å². The van der Waals surface area contributed by atoms with Crippen LogP contribution in [0.3, 0.4) is 0 Å². The Morgan fingerprint density at radius 1 is 1.24 bits per heavy atom. The summed E-state index contributed by atoms with van der Waals surface area (Å²) in [5.74, 6) is -0.379. The number of carbonyl (C=O) groups is 2. The van der Waals surface area contributed by atoms with Gasteiger partial charge in [0.25, 0.3) is 0 Å². The number of ketones is 1. The molecule has 0 saturated heterocycles. The first-order valence-corrected chi connectivity index (χ1v) is 7.75. The summed E-state index contributed by atoms with van der Waals surface area (Å²) >= 11 is 0. The zero-order chi connectivity index (χ0) is 17.8. The molecule has 1 heterocycles. The van der Waals surface area contributed by atoms with Gasteiger partial charge in [0.1, 0.15) is 23.7 Å². The quantitative estimate of drug-likeness (QED) is 0.473. The zero-order valence-corrected chi connectivity index (χ0v) is 14.0. The Hall–Kier alpha value is -2.86. The number of Topliss-reactive ketones (excluding diaryl/α,β-unsaturated/α-hetero) is 1. The van der Waals surface area contributed by atoms with Gasteiger partial charge in [-0.2, -0.15) is 0 Å². The summed E-state index contributed by atoms with van der Waals surface area (Å²) in [6.07, 6.45) is 0.732. The van der Waals surface area contributed by atoms with Crippen molar-refractivity contribution in [2.45, 2.75) is 12.5 Å². The van der Waals surface area contributed by atoms with Crippen molar-refractivity contribution in [1.29, 1.82) is 0 Å². The molecule has 1 aliphatic rings. The SMILES string of the molecule is COCOc1cc(C2CC(=O)C(C(=O)OC)=CO2)c2ccccc2c1. The molecule has 25 heavy (non-hydrogen) atoms. The predicted molar refractivity (Wildman–Crippen MR) is 90.0 cm³/mol. The third-order valence-corrected chi connectivity index (χ3v) is 3.98. The highest BCUT2D eigenvalue weighted by molar-refractivity contribution is 6.17. The van der Waals surface area contributed by atoms with Gasteiger partial charge in [0, 0.05) is 12.7 Å². The van der Waals surface area contributed by atoms with Crippen molar-refractivity contribution in [3.63, 3.8) is 0 Å². The molecule has 130 valence electrons. The first-order valence-electron chi connectivity index (χ1n) is 7.75. The lowest BCUT2D eigenvalue weighted by molar-refractivity contribution is -0.139. The predicted octanol–water partition coefficient (Wildman–Crippen LogP) is 2.91. The van der Waals surface area contributed by atoms with Crippen molar-refractivity contribution >= 4 is 22.5 Å². The minimum atomic E-state index is -0.689. The number of esters is 1. The maximum absolute atomic E-state index is 12.3. The smallest absolute Gasteiger partial charge is 0.344 e. The lowest BCUT2D eigenvalue weighted by Crippen LogP contribution is -2.22. The molecule has 0 aromatic heterocycles. The highest BCUT2D eigenvalue weighted by Gasteiger charge is 2.30. The van der Waals surface area contributed by atoms with Crippen molar-refractivity contribution < 1.29 is 28.5 Å². The monoisotopic (exact) mass is 342 g/mol. The molecule has 0 amide bonds. The van der Waals surface area contributed by atoms with Crippen molar-refractivity contribution in [3.05, 3.63) is 53.8 Å². The Morgan fingerprint density at radius 2 is 2.04 bits per heavy atom. The van der Waals surface area contributed by atoms with Gasteiger partial charge >= 0.3 is 5.97 Å². The summed E-state index contributed by atoms with van der Waals surface area (Å²) in [5, 5.41) is 1.92. The molecule has 1 unspecified atom stereocenters. The van der Waals surface area contributed by atoms with Crippen molar-refractivity contribution in [2.24, 2.45) is 0 Å². The fraction of sp³-hybridized carbons (Fsp3) is 0.263. The van der Waals surface area contributed by atoms with Gasteiger partial charge in [0.15, 0.2) is 12.6 Å². The third kappa shape index (κ3) is 3.49. The van der Waals surface area contributed by atoms with Crippen LogP contribution in [0.2, 0.25) is 0 Å². The topological polar surface area (TPSA) is 71.1 Å². The third-order valence-electron chi connectivity index (χ3n) is 3.98. The summed E-state index contributed by atoms with van der Waals surface area (Å²) in [6, 6.07) is 11.5. The second-order valence-electron chi connectivity index (χ2n) is 5.56. The molecule has 3 rings (SSSR count). The normalized spacial score (nSPS) is 17.0. The summed E-state index contributed by atoms with van der Waals surface area (Å²) in [7, 11) is 2.77. The largest absolute Gasteiger partial charge is 0.492 e. The van der Waals surface area contributed by atoms with E-state index in [1.54, 1.807) is 7.11 Å². The van der Waals surface area contributed by atoms with Crippen LogP contribution in [0.15, 0.2) is 48.2 Å². The molecule has 1 aliphatic heterocycles. The van der Waals surface area contributed by atoms with E-state index < -0.39 is 12.1 Å². The first kappa shape index (κ1) is 17.0. The zero-order valence-electron chi connectivity index (χ0n) is 14.0. The van der Waals surface area contributed by atoms with Gasteiger partial charge in [-0.15, -0.1) is 0 Å². The van der Waals surface area contributed by atoms with Crippen molar-refractivity contribution in [2.75, 3.05) is 21.0 Å². The molecule has 0 aliphatic carbocycles. The summed E-state index contributed by atoms with van der Waals surface area (Å²) in [5.41, 5.74) is 0.743. The van der Waals surface area contributed by atoms with E-state index in [0.717, 1.165) is 16.3 Å². The summed E-state index contributed by atoms with van der Waals surface area (Å²) in [6.45, 7) is 0.120. The second kappa shape index (κ2) is 7.36. The fourth-order valence-corrected chi connectivity index (χ4v) is 2.79. The molecule has 0 bridgehead atoms. The van der Waals surface area contributed by atoms with E-state index in [4.69, 9.17) is 14.2 Å². The number of hydrogen-bond acceptors (Lipinski definition) is 6. The van der Waals surface area contributed by atoms with Gasteiger partial charge in [0.05, 0.1) is 13.5 Å². The van der Waals surface area contributed by atoms with Gasteiger partial charge in [-0.05, 0) is 22.9 Å². The first-order chi connectivity index (χ1) is 12.1. The van der Waals surface area contributed by atoms with Crippen LogP contribution in [-0.2, 0) is 23.8 Å². The van der Waals surface area contributed by atoms with Crippen LogP contribution in [0.1, 0.15) is 18.1 Å². The van der Waals surface area contributed by atoms with E-state index in [1.165, 1.54) is 13.4 Å². The number of ether oxygens (including phenoxy) is 4. The molecule has 0 saturated carbocycles. The summed E-state index contributed by atoms with van der Waals surface area (Å²) in [4.78, 5) is 23.9. The van der Waals surface area contributed by atoms with E-state index in [0.29, 0.717) is 5.75 Å². The number of methoxy groups -OCH3 is 2. The molecule has 2 aromatic carbocycles. The highest BCUT2D eigenvalue weighted by Crippen LogP contribution is 2.35. The van der Waals surface area contributed by atoms with Gasteiger partial charge in [-0.25, -0.2) is 4.79 Å². The molecule has 2 aromatic rings. The molecular weight excluding hydrogens is 324 g/mol. The fourth-order valence-electron chi connectivity index (χ4n) is 2.79. The highest BCUT2D eigenvalue weighted by atomic mass is 16.7. The molecule has 6 heteroatoms. The van der Waals surface area contributed by atoms with Crippen LogP contribution in [0.5, 0.6) is 5.75 Å². The van der Waals surface area contributed by atoms with Crippen LogP contribution in [0, 0.1) is 0 Å². The number of fused-ring (bicyclic) bond motifs is 1. The maximum atomic E-state index is 12.3. The molecule has 0 spiro atoms. The second-order valence-corrected chi connectivity index (χ2v) is 5.56. The van der Waals surface area contributed by atoms with E-state index in [-0.39, 0.29) is 24.6 Å². The lowest BCUT2D eigenvalue weighted by atomic mass is 9.94. The Kier molecular flexibility index (Phi) is 5.00. The average Bonchev–Trinajstić information content (AvgIpc) is 2.65. The molecule has 0 N–H and O–H groups in total. The van der Waals surface area contributed by atoms with Gasteiger partial charge in [-0.1, -0.05) is 24.3 Å². The summed E-state index contributed by atoms with van der Waals surface area (Å²) < 4.78 is 20.8. The lowest BCUT2D eigenvalue weighted by Gasteiger charge is -2.23. The van der Waals surface area contributed by atoms with Crippen molar-refractivity contribution in [3.8, 4) is 5.75 Å². The number of carbonyl (C=O) groups excluding carboxylic acids is 2. The van der Waals surface area contributed by atoms with E-state index in [1.807, 2.05) is 36.4 Å². The van der Waals surface area contributed by atoms with Crippen LogP contribution < -0.4 is 4.74 Å². The molecule has 0 radical (unpaired) electrons. The Balaban J connectivity index is 1.99. The average molecular weight is 342 g/mol. The van der Waals surface area contributed by atoms with E-state index in [9.17, 15) is 9.59 Å². The Labute approximate surface area is 144 Å². The number of benzene rings is 2. The van der Waals surface area contributed by atoms with Crippen LogP contribution in [0.4, 0.5) is 0 Å². The standard InChI is InChI=1S/C19H18O6/c1-22-11-25-13-7-12-5-3-4-6-14(12)15(8-13)18-9-17(20)16(10-24-18)19(21)23-2/h3-8,10,18H,9,11H2,1-2H3. The Morgan fingerprint density at radius 3 is 2.76 bits per heavy atom. The number of hydrogen-bond donors (Lipinski definition) is 0.